The SMILES string of the molecule is COCOC1(C)CC=C([S+]2CCCCC2)c2ccccc21. The molecule has 3 rings (SSSR count). The molecule has 1 fully saturated rings. The fourth-order valence-corrected chi connectivity index (χ4v) is 5.87. The third-order valence-electron chi connectivity index (χ3n) is 4.53. The van der Waals surface area contributed by atoms with Gasteiger partial charge in [0.1, 0.15) is 18.3 Å². The quantitative estimate of drug-likeness (QED) is 0.617. The van der Waals surface area contributed by atoms with Crippen LogP contribution >= 0.6 is 0 Å². The summed E-state index contributed by atoms with van der Waals surface area (Å²) in [5, 5.41) is 0. The molecule has 1 unspecified atom stereocenters. The zero-order valence-electron chi connectivity index (χ0n) is 13.1. The highest BCUT2D eigenvalue weighted by atomic mass is 32.2. The minimum atomic E-state index is -0.255. The van der Waals surface area contributed by atoms with Gasteiger partial charge in [0, 0.05) is 30.0 Å². The number of rotatable bonds is 4. The van der Waals surface area contributed by atoms with Crippen LogP contribution in [0.4, 0.5) is 0 Å². The Morgan fingerprint density at radius 1 is 1.14 bits per heavy atom. The van der Waals surface area contributed by atoms with E-state index < -0.39 is 0 Å². The highest BCUT2D eigenvalue weighted by molar-refractivity contribution is 8.05. The normalized spacial score (nSPS) is 26.3. The van der Waals surface area contributed by atoms with Crippen molar-refractivity contribution in [3.05, 3.63) is 41.5 Å². The lowest BCUT2D eigenvalue weighted by atomic mass is 9.84. The Hall–Kier alpha value is -0.770. The van der Waals surface area contributed by atoms with Gasteiger partial charge in [0.25, 0.3) is 0 Å². The lowest BCUT2D eigenvalue weighted by Gasteiger charge is -2.34. The summed E-state index contributed by atoms with van der Waals surface area (Å²) in [5.74, 6) is 2.74. The summed E-state index contributed by atoms with van der Waals surface area (Å²) in [6, 6.07) is 8.78. The van der Waals surface area contributed by atoms with Gasteiger partial charge in [0.05, 0.1) is 5.60 Å². The van der Waals surface area contributed by atoms with E-state index in [0.717, 1.165) is 6.42 Å². The third kappa shape index (κ3) is 3.05. The van der Waals surface area contributed by atoms with Crippen LogP contribution in [0.5, 0.6) is 0 Å². The predicted octanol–water partition coefficient (Wildman–Crippen LogP) is 4.07. The van der Waals surface area contributed by atoms with Crippen molar-refractivity contribution in [2.24, 2.45) is 0 Å². The maximum absolute atomic E-state index is 6.02. The van der Waals surface area contributed by atoms with Crippen molar-refractivity contribution >= 4 is 15.8 Å². The fourth-order valence-electron chi connectivity index (χ4n) is 3.32. The largest absolute Gasteiger partial charge is 0.359 e. The Kier molecular flexibility index (Phi) is 4.72. The molecule has 21 heavy (non-hydrogen) atoms. The standard InChI is InChI=1S/C18H25O2S/c1-18(20-14-19-2)11-10-17(21-12-6-3-7-13-21)15-8-4-5-9-16(15)18/h4-5,8-10H,3,6-7,11-14H2,1-2H3/q+1. The maximum Gasteiger partial charge on any atom is 0.158 e. The van der Waals surface area contributed by atoms with Gasteiger partial charge in [-0.1, -0.05) is 18.2 Å². The number of benzene rings is 1. The van der Waals surface area contributed by atoms with Crippen LogP contribution in [0.3, 0.4) is 0 Å². The van der Waals surface area contributed by atoms with Crippen molar-refractivity contribution in [3.8, 4) is 0 Å². The van der Waals surface area contributed by atoms with Crippen molar-refractivity contribution < 1.29 is 9.47 Å². The van der Waals surface area contributed by atoms with Crippen LogP contribution in [-0.2, 0) is 26.0 Å². The second-order valence-corrected chi connectivity index (χ2v) is 8.30. The molecule has 2 nitrogen and oxygen atoms in total. The molecule has 0 amide bonds. The van der Waals surface area contributed by atoms with Crippen LogP contribution in [-0.4, -0.2) is 25.4 Å². The fraction of sp³-hybridized carbons (Fsp3) is 0.556. The van der Waals surface area contributed by atoms with Crippen molar-refractivity contribution in [2.45, 2.75) is 38.2 Å². The number of hydrogen-bond donors (Lipinski definition) is 0. The van der Waals surface area contributed by atoms with Gasteiger partial charge in [-0.2, -0.15) is 0 Å². The van der Waals surface area contributed by atoms with E-state index in [1.807, 2.05) is 0 Å². The molecule has 0 N–H and O–H groups in total. The average Bonchev–Trinajstić information content (AvgIpc) is 2.55. The Morgan fingerprint density at radius 3 is 2.67 bits per heavy atom. The molecular weight excluding hydrogens is 280 g/mol. The van der Waals surface area contributed by atoms with Gasteiger partial charge in [-0.25, -0.2) is 0 Å². The highest BCUT2D eigenvalue weighted by Crippen LogP contribution is 2.43. The molecule has 1 heterocycles. The van der Waals surface area contributed by atoms with Gasteiger partial charge < -0.3 is 9.47 Å². The smallest absolute Gasteiger partial charge is 0.158 e. The molecule has 0 aromatic heterocycles. The predicted molar refractivity (Wildman–Crippen MR) is 90.3 cm³/mol. The lowest BCUT2D eigenvalue weighted by Crippen LogP contribution is -2.32. The van der Waals surface area contributed by atoms with E-state index in [0.29, 0.717) is 17.7 Å². The van der Waals surface area contributed by atoms with E-state index >= 15 is 0 Å². The number of ether oxygens (including phenoxy) is 2. The van der Waals surface area contributed by atoms with Crippen LogP contribution in [0.25, 0.3) is 4.91 Å². The van der Waals surface area contributed by atoms with E-state index in [4.69, 9.17) is 9.47 Å². The van der Waals surface area contributed by atoms with E-state index in [2.05, 4.69) is 37.3 Å². The van der Waals surface area contributed by atoms with E-state index in [1.165, 1.54) is 41.9 Å². The molecule has 3 heteroatoms. The molecule has 1 aliphatic carbocycles. The molecule has 1 aromatic rings. The first-order chi connectivity index (χ1) is 10.2. The van der Waals surface area contributed by atoms with Gasteiger partial charge in [-0.05, 0) is 43.9 Å². The Bertz CT molecular complexity index is 520. The average molecular weight is 305 g/mol. The first-order valence-electron chi connectivity index (χ1n) is 7.85. The van der Waals surface area contributed by atoms with Gasteiger partial charge in [0.15, 0.2) is 4.91 Å². The second-order valence-electron chi connectivity index (χ2n) is 6.06. The first kappa shape index (κ1) is 15.1. The van der Waals surface area contributed by atoms with E-state index in [9.17, 15) is 0 Å². The van der Waals surface area contributed by atoms with E-state index in [-0.39, 0.29) is 5.60 Å². The Labute approximate surface area is 130 Å². The molecule has 0 spiro atoms. The van der Waals surface area contributed by atoms with Gasteiger partial charge in [0.2, 0.25) is 0 Å². The van der Waals surface area contributed by atoms with Crippen molar-refractivity contribution in [1.29, 1.82) is 0 Å². The monoisotopic (exact) mass is 305 g/mol. The molecule has 1 saturated heterocycles. The highest BCUT2D eigenvalue weighted by Gasteiger charge is 2.39. The van der Waals surface area contributed by atoms with Crippen LogP contribution in [0, 0.1) is 0 Å². The number of hydrogen-bond acceptors (Lipinski definition) is 2. The molecule has 0 bridgehead atoms. The third-order valence-corrected chi connectivity index (χ3v) is 7.10. The summed E-state index contributed by atoms with van der Waals surface area (Å²) in [7, 11) is 2.13. The van der Waals surface area contributed by atoms with Gasteiger partial charge in [-0.3, -0.25) is 0 Å². The first-order valence-corrected chi connectivity index (χ1v) is 9.41. The Morgan fingerprint density at radius 2 is 1.90 bits per heavy atom. The number of fused-ring (bicyclic) bond motifs is 1. The van der Waals surface area contributed by atoms with Gasteiger partial charge in [-0.15, -0.1) is 0 Å². The summed E-state index contributed by atoms with van der Waals surface area (Å²) in [6.07, 6.45) is 7.58. The van der Waals surface area contributed by atoms with Crippen molar-refractivity contribution in [3.63, 3.8) is 0 Å². The topological polar surface area (TPSA) is 18.5 Å². The summed E-state index contributed by atoms with van der Waals surface area (Å²) in [4.78, 5) is 1.59. The molecular formula is C18H25O2S+. The zero-order chi connectivity index (χ0) is 14.7. The van der Waals surface area contributed by atoms with Gasteiger partial charge >= 0.3 is 0 Å². The van der Waals surface area contributed by atoms with Crippen LogP contribution in [0.1, 0.15) is 43.7 Å². The van der Waals surface area contributed by atoms with E-state index in [1.54, 1.807) is 12.0 Å². The molecule has 2 aliphatic rings. The molecule has 114 valence electrons. The summed E-state index contributed by atoms with van der Waals surface area (Å²) < 4.78 is 11.1. The molecule has 1 aliphatic heterocycles. The maximum atomic E-state index is 6.02. The minimum Gasteiger partial charge on any atom is -0.359 e. The second kappa shape index (κ2) is 6.55. The van der Waals surface area contributed by atoms with Crippen molar-refractivity contribution in [2.75, 3.05) is 25.4 Å². The summed E-state index contributed by atoms with van der Waals surface area (Å²) >= 11 is 0. The minimum absolute atomic E-state index is 0.255. The van der Waals surface area contributed by atoms with Crippen LogP contribution in [0.2, 0.25) is 0 Å². The molecule has 1 atom stereocenters. The number of methoxy groups -OCH3 is 1. The lowest BCUT2D eigenvalue weighted by molar-refractivity contribution is -0.126. The van der Waals surface area contributed by atoms with Crippen LogP contribution < -0.4 is 0 Å². The molecule has 0 saturated carbocycles. The Balaban J connectivity index is 1.92. The summed E-state index contributed by atoms with van der Waals surface area (Å²) in [6.45, 7) is 2.53. The molecule has 0 radical (unpaired) electrons. The molecule has 1 aromatic carbocycles. The summed E-state index contributed by atoms with van der Waals surface area (Å²) in [5.41, 5.74) is 2.49. The zero-order valence-corrected chi connectivity index (χ0v) is 13.9. The van der Waals surface area contributed by atoms with Crippen LogP contribution in [0.15, 0.2) is 30.3 Å². The van der Waals surface area contributed by atoms with Crippen molar-refractivity contribution in [1.82, 2.24) is 0 Å².